The van der Waals surface area contributed by atoms with Crippen LogP contribution in [-0.2, 0) is 4.79 Å². The lowest BCUT2D eigenvalue weighted by atomic mass is 10.1. The molecule has 2 amide bonds. The minimum Gasteiger partial charge on any atom is -0.355 e. The van der Waals surface area contributed by atoms with Crippen molar-refractivity contribution in [2.45, 2.75) is 19.9 Å². The number of carbonyl (C=O) groups excluding carboxylic acids is 2. The average Bonchev–Trinajstić information content (AvgIpc) is 2.43. The zero-order chi connectivity index (χ0) is 15.1. The summed E-state index contributed by atoms with van der Waals surface area (Å²) in [5.41, 5.74) is 1.24. The first-order chi connectivity index (χ1) is 9.47. The van der Waals surface area contributed by atoms with Crippen LogP contribution in [0.3, 0.4) is 0 Å². The Kier molecular flexibility index (Phi) is 5.48. The predicted octanol–water partition coefficient (Wildman–Crippen LogP) is 1.48. The van der Waals surface area contributed by atoms with E-state index in [1.807, 2.05) is 19.9 Å². The molecule has 0 heterocycles. The summed E-state index contributed by atoms with van der Waals surface area (Å²) in [7, 11) is 1.56. The molecule has 104 valence electrons. The van der Waals surface area contributed by atoms with Gasteiger partial charge in [-0.1, -0.05) is 12.1 Å². The lowest BCUT2D eigenvalue weighted by Gasteiger charge is -2.07. The van der Waals surface area contributed by atoms with E-state index >= 15 is 0 Å². The van der Waals surface area contributed by atoms with E-state index in [2.05, 4.69) is 10.6 Å². The van der Waals surface area contributed by atoms with Gasteiger partial charge in [0.1, 0.15) is 11.6 Å². The fourth-order valence-corrected chi connectivity index (χ4v) is 1.53. The molecule has 0 bridgehead atoms. The Morgan fingerprint density at radius 3 is 2.30 bits per heavy atom. The van der Waals surface area contributed by atoms with E-state index in [0.29, 0.717) is 11.1 Å². The number of benzene rings is 1. The lowest BCUT2D eigenvalue weighted by Crippen LogP contribution is -2.30. The molecule has 2 N–H and O–H groups in total. The maximum Gasteiger partial charge on any atom is 0.262 e. The molecule has 1 aromatic carbocycles. The molecule has 0 saturated heterocycles. The molecule has 0 spiro atoms. The first-order valence-electron chi connectivity index (χ1n) is 6.22. The Morgan fingerprint density at radius 2 is 1.85 bits per heavy atom. The molecule has 5 nitrogen and oxygen atoms in total. The van der Waals surface area contributed by atoms with E-state index in [0.717, 1.165) is 0 Å². The molecule has 20 heavy (non-hydrogen) atoms. The van der Waals surface area contributed by atoms with E-state index in [9.17, 15) is 9.59 Å². The first-order valence-corrected chi connectivity index (χ1v) is 6.22. The van der Waals surface area contributed by atoms with Crippen LogP contribution in [0, 0.1) is 11.3 Å². The van der Waals surface area contributed by atoms with Crippen molar-refractivity contribution >= 4 is 17.9 Å². The monoisotopic (exact) mass is 271 g/mol. The minimum atomic E-state index is -0.405. The highest BCUT2D eigenvalue weighted by atomic mass is 16.2. The second-order valence-electron chi connectivity index (χ2n) is 4.50. The van der Waals surface area contributed by atoms with Crippen LogP contribution < -0.4 is 10.6 Å². The van der Waals surface area contributed by atoms with Crippen molar-refractivity contribution in [1.82, 2.24) is 10.6 Å². The van der Waals surface area contributed by atoms with Crippen LogP contribution in [0.1, 0.15) is 29.8 Å². The molecule has 5 heteroatoms. The van der Waals surface area contributed by atoms with Gasteiger partial charge in [-0.05, 0) is 37.6 Å². The molecule has 0 unspecified atom stereocenters. The number of nitrogens with one attached hydrogen (secondary N) is 2. The summed E-state index contributed by atoms with van der Waals surface area (Å²) >= 11 is 0. The Bertz CT molecular complexity index is 566. The summed E-state index contributed by atoms with van der Waals surface area (Å²) in [6.45, 7) is 3.65. The largest absolute Gasteiger partial charge is 0.355 e. The van der Waals surface area contributed by atoms with Crippen LogP contribution in [0.4, 0.5) is 0 Å². The van der Waals surface area contributed by atoms with Gasteiger partial charge in [-0.25, -0.2) is 0 Å². The minimum absolute atomic E-state index is 0.0325. The van der Waals surface area contributed by atoms with Crippen molar-refractivity contribution in [3.8, 4) is 6.07 Å². The van der Waals surface area contributed by atoms with Gasteiger partial charge >= 0.3 is 0 Å². The summed E-state index contributed by atoms with van der Waals surface area (Å²) < 4.78 is 0. The number of rotatable bonds is 4. The summed E-state index contributed by atoms with van der Waals surface area (Å²) in [5, 5.41) is 14.2. The highest BCUT2D eigenvalue weighted by Gasteiger charge is 2.10. The van der Waals surface area contributed by atoms with Crippen LogP contribution in [0.15, 0.2) is 29.8 Å². The van der Waals surface area contributed by atoms with Crippen molar-refractivity contribution in [3.05, 3.63) is 41.0 Å². The SMILES string of the molecule is CNC(=O)c1ccc(/C=C(\C#N)C(=O)NC(C)C)cc1. The maximum atomic E-state index is 11.7. The predicted molar refractivity (Wildman–Crippen MR) is 76.7 cm³/mol. The Labute approximate surface area is 118 Å². The third-order valence-electron chi connectivity index (χ3n) is 2.50. The average molecular weight is 271 g/mol. The highest BCUT2D eigenvalue weighted by molar-refractivity contribution is 6.02. The first kappa shape index (κ1) is 15.4. The van der Waals surface area contributed by atoms with Crippen molar-refractivity contribution in [1.29, 1.82) is 5.26 Å². The molecular weight excluding hydrogens is 254 g/mol. The molecule has 0 aliphatic rings. The second-order valence-corrected chi connectivity index (χ2v) is 4.50. The van der Waals surface area contributed by atoms with Crippen LogP contribution in [-0.4, -0.2) is 24.9 Å². The van der Waals surface area contributed by atoms with E-state index in [4.69, 9.17) is 5.26 Å². The number of hydrogen-bond acceptors (Lipinski definition) is 3. The quantitative estimate of drug-likeness (QED) is 0.642. The van der Waals surface area contributed by atoms with Crippen LogP contribution >= 0.6 is 0 Å². The fourth-order valence-electron chi connectivity index (χ4n) is 1.53. The third kappa shape index (κ3) is 4.25. The van der Waals surface area contributed by atoms with Crippen molar-refractivity contribution in [2.75, 3.05) is 7.05 Å². The Balaban J connectivity index is 2.94. The molecule has 0 saturated carbocycles. The van der Waals surface area contributed by atoms with E-state index in [1.165, 1.54) is 6.08 Å². The fraction of sp³-hybridized carbons (Fsp3) is 0.267. The van der Waals surface area contributed by atoms with Gasteiger partial charge in [0.2, 0.25) is 0 Å². The van der Waals surface area contributed by atoms with Crippen molar-refractivity contribution in [3.63, 3.8) is 0 Å². The van der Waals surface area contributed by atoms with Gasteiger partial charge in [0.15, 0.2) is 0 Å². The maximum absolute atomic E-state index is 11.7. The van der Waals surface area contributed by atoms with Gasteiger partial charge in [-0.15, -0.1) is 0 Å². The lowest BCUT2D eigenvalue weighted by molar-refractivity contribution is -0.117. The van der Waals surface area contributed by atoms with E-state index < -0.39 is 5.91 Å². The van der Waals surface area contributed by atoms with Gasteiger partial charge in [0.25, 0.3) is 11.8 Å². The highest BCUT2D eigenvalue weighted by Crippen LogP contribution is 2.09. The molecule has 1 aromatic rings. The molecule has 0 aliphatic heterocycles. The molecule has 1 rings (SSSR count). The molecular formula is C15H17N3O2. The summed E-state index contributed by atoms with van der Waals surface area (Å²) in [6.07, 6.45) is 1.49. The summed E-state index contributed by atoms with van der Waals surface area (Å²) in [5.74, 6) is -0.587. The van der Waals surface area contributed by atoms with Crippen molar-refractivity contribution in [2.24, 2.45) is 0 Å². The second kappa shape index (κ2) is 7.10. The van der Waals surface area contributed by atoms with Gasteiger partial charge in [-0.2, -0.15) is 5.26 Å². The topological polar surface area (TPSA) is 82.0 Å². The van der Waals surface area contributed by atoms with Gasteiger partial charge < -0.3 is 10.6 Å². The smallest absolute Gasteiger partial charge is 0.262 e. The number of hydrogen-bond donors (Lipinski definition) is 2. The standard InChI is InChI=1S/C15H17N3O2/c1-10(2)18-15(20)13(9-16)8-11-4-6-12(7-5-11)14(19)17-3/h4-8,10H,1-3H3,(H,17,19)(H,18,20)/b13-8+. The Morgan fingerprint density at radius 1 is 1.25 bits per heavy atom. The van der Waals surface area contributed by atoms with Crippen LogP contribution in [0.2, 0.25) is 0 Å². The third-order valence-corrected chi connectivity index (χ3v) is 2.50. The molecule has 0 aliphatic carbocycles. The van der Waals surface area contributed by atoms with Gasteiger partial charge in [0.05, 0.1) is 0 Å². The number of carbonyl (C=O) groups is 2. The van der Waals surface area contributed by atoms with E-state index in [-0.39, 0.29) is 17.5 Å². The van der Waals surface area contributed by atoms with Gasteiger partial charge in [-0.3, -0.25) is 9.59 Å². The van der Waals surface area contributed by atoms with E-state index in [1.54, 1.807) is 31.3 Å². The summed E-state index contributed by atoms with van der Waals surface area (Å²) in [6, 6.07) is 8.49. The number of nitrogens with zero attached hydrogens (tertiary/aromatic N) is 1. The molecule has 0 fully saturated rings. The number of nitriles is 1. The molecule has 0 aromatic heterocycles. The molecule has 0 atom stereocenters. The number of amides is 2. The Hall–Kier alpha value is -2.61. The molecule has 0 radical (unpaired) electrons. The zero-order valence-corrected chi connectivity index (χ0v) is 11.7. The summed E-state index contributed by atoms with van der Waals surface area (Å²) in [4.78, 5) is 23.1. The zero-order valence-electron chi connectivity index (χ0n) is 11.7. The van der Waals surface area contributed by atoms with Crippen molar-refractivity contribution < 1.29 is 9.59 Å². The normalized spacial score (nSPS) is 10.8. The van der Waals surface area contributed by atoms with Crippen LogP contribution in [0.25, 0.3) is 6.08 Å². The van der Waals surface area contributed by atoms with Gasteiger partial charge in [0, 0.05) is 18.7 Å². The van der Waals surface area contributed by atoms with Crippen LogP contribution in [0.5, 0.6) is 0 Å².